The van der Waals surface area contributed by atoms with Gasteiger partial charge in [-0.05, 0) is 24.3 Å². The molecule has 24 heavy (non-hydrogen) atoms. The van der Waals surface area contributed by atoms with Gasteiger partial charge < -0.3 is 15.5 Å². The lowest BCUT2D eigenvalue weighted by molar-refractivity contribution is -0.130. The van der Waals surface area contributed by atoms with Crippen LogP contribution in [0.2, 0.25) is 0 Å². The van der Waals surface area contributed by atoms with E-state index in [1.54, 1.807) is 12.3 Å². The van der Waals surface area contributed by atoms with Gasteiger partial charge in [-0.1, -0.05) is 18.2 Å². The number of hydrogen-bond acceptors (Lipinski definition) is 4. The molecule has 0 saturated carbocycles. The summed E-state index contributed by atoms with van der Waals surface area (Å²) in [4.78, 5) is 20.7. The van der Waals surface area contributed by atoms with Crippen LogP contribution in [0.3, 0.4) is 0 Å². The number of nitrogens with two attached hydrogens (primary N) is 1. The van der Waals surface area contributed by atoms with Crippen LogP contribution in [0.5, 0.6) is 0 Å². The average molecular weight is 369 g/mol. The summed E-state index contributed by atoms with van der Waals surface area (Å²) >= 11 is 0. The third kappa shape index (κ3) is 5.01. The van der Waals surface area contributed by atoms with Gasteiger partial charge in [-0.15, -0.1) is 24.8 Å². The maximum atomic E-state index is 12.3. The molecule has 1 saturated heterocycles. The molecule has 0 spiro atoms. The maximum Gasteiger partial charge on any atom is 0.228 e. The van der Waals surface area contributed by atoms with E-state index in [1.165, 1.54) is 5.69 Å². The van der Waals surface area contributed by atoms with Crippen molar-refractivity contribution in [3.63, 3.8) is 0 Å². The van der Waals surface area contributed by atoms with Crippen LogP contribution >= 0.6 is 24.8 Å². The Kier molecular flexibility index (Phi) is 7.82. The number of nitrogen functional groups attached to an aromatic ring is 1. The number of halogens is 2. The highest BCUT2D eigenvalue weighted by atomic mass is 35.5. The molecule has 1 aliphatic heterocycles. The molecular weight excluding hydrogens is 347 g/mol. The van der Waals surface area contributed by atoms with Crippen molar-refractivity contribution in [3.8, 4) is 0 Å². The van der Waals surface area contributed by atoms with E-state index in [4.69, 9.17) is 5.73 Å². The van der Waals surface area contributed by atoms with E-state index >= 15 is 0 Å². The van der Waals surface area contributed by atoms with Gasteiger partial charge in [0.1, 0.15) is 0 Å². The minimum Gasteiger partial charge on any atom is -0.397 e. The first-order valence-corrected chi connectivity index (χ1v) is 7.50. The number of amides is 1. The van der Waals surface area contributed by atoms with Gasteiger partial charge in [0.25, 0.3) is 0 Å². The number of hydrogen-bond donors (Lipinski definition) is 1. The quantitative estimate of drug-likeness (QED) is 0.903. The Morgan fingerprint density at radius 1 is 1.00 bits per heavy atom. The Balaban J connectivity index is 0.00000144. The van der Waals surface area contributed by atoms with Crippen LogP contribution in [-0.2, 0) is 11.2 Å². The molecule has 0 unspecified atom stereocenters. The van der Waals surface area contributed by atoms with Gasteiger partial charge >= 0.3 is 0 Å². The SMILES string of the molecule is Cl.Cl.Nc1ccc(CC(=O)N2CCN(c3ccccc3)CC2)nc1. The van der Waals surface area contributed by atoms with E-state index in [-0.39, 0.29) is 30.7 Å². The monoisotopic (exact) mass is 368 g/mol. The fourth-order valence-electron chi connectivity index (χ4n) is 2.66. The van der Waals surface area contributed by atoms with Crippen molar-refractivity contribution in [2.45, 2.75) is 6.42 Å². The van der Waals surface area contributed by atoms with E-state index in [1.807, 2.05) is 29.2 Å². The van der Waals surface area contributed by atoms with Crippen molar-refractivity contribution >= 4 is 42.1 Å². The first kappa shape index (κ1) is 20.1. The number of para-hydroxylation sites is 1. The Morgan fingerprint density at radius 3 is 2.25 bits per heavy atom. The van der Waals surface area contributed by atoms with Gasteiger partial charge in [0.15, 0.2) is 0 Å². The first-order valence-electron chi connectivity index (χ1n) is 7.50. The Hall–Kier alpha value is -1.98. The Bertz CT molecular complexity index is 629. The highest BCUT2D eigenvalue weighted by Crippen LogP contribution is 2.16. The van der Waals surface area contributed by atoms with Crippen LogP contribution in [-0.4, -0.2) is 42.0 Å². The third-order valence-electron chi connectivity index (χ3n) is 3.93. The van der Waals surface area contributed by atoms with Crippen molar-refractivity contribution in [1.82, 2.24) is 9.88 Å². The molecule has 1 fully saturated rings. The van der Waals surface area contributed by atoms with Crippen molar-refractivity contribution in [2.75, 3.05) is 36.8 Å². The van der Waals surface area contributed by atoms with Crippen LogP contribution in [0.25, 0.3) is 0 Å². The fourth-order valence-corrected chi connectivity index (χ4v) is 2.66. The largest absolute Gasteiger partial charge is 0.397 e. The molecule has 0 aliphatic carbocycles. The van der Waals surface area contributed by atoms with Crippen LogP contribution in [0.4, 0.5) is 11.4 Å². The van der Waals surface area contributed by atoms with Crippen molar-refractivity contribution in [3.05, 3.63) is 54.4 Å². The number of piperazine rings is 1. The topological polar surface area (TPSA) is 62.5 Å². The lowest BCUT2D eigenvalue weighted by Gasteiger charge is -2.36. The number of rotatable bonds is 3. The smallest absolute Gasteiger partial charge is 0.228 e. The van der Waals surface area contributed by atoms with Gasteiger partial charge in [0.2, 0.25) is 5.91 Å². The number of nitrogens with zero attached hydrogens (tertiary/aromatic N) is 3. The molecule has 1 amide bonds. The summed E-state index contributed by atoms with van der Waals surface area (Å²) in [6, 6.07) is 13.9. The predicted octanol–water partition coefficient (Wildman–Crippen LogP) is 2.40. The second-order valence-electron chi connectivity index (χ2n) is 5.46. The first-order chi connectivity index (χ1) is 10.7. The van der Waals surface area contributed by atoms with E-state index in [0.29, 0.717) is 12.1 Å². The molecule has 130 valence electrons. The van der Waals surface area contributed by atoms with Gasteiger partial charge in [0.05, 0.1) is 18.3 Å². The lowest BCUT2D eigenvalue weighted by atomic mass is 10.2. The molecule has 2 N–H and O–H groups in total. The molecule has 5 nitrogen and oxygen atoms in total. The van der Waals surface area contributed by atoms with Crippen LogP contribution in [0.15, 0.2) is 48.7 Å². The summed E-state index contributed by atoms with van der Waals surface area (Å²) in [6.07, 6.45) is 1.93. The maximum absolute atomic E-state index is 12.3. The van der Waals surface area contributed by atoms with Gasteiger partial charge in [-0.3, -0.25) is 9.78 Å². The zero-order valence-electron chi connectivity index (χ0n) is 13.3. The molecule has 7 heteroatoms. The number of carbonyl (C=O) groups excluding carboxylic acids is 1. The highest BCUT2D eigenvalue weighted by molar-refractivity contribution is 5.85. The van der Waals surface area contributed by atoms with Crippen molar-refractivity contribution in [2.24, 2.45) is 0 Å². The second kappa shape index (κ2) is 9.35. The number of anilines is 2. The average Bonchev–Trinajstić information content (AvgIpc) is 2.58. The number of carbonyl (C=O) groups is 1. The standard InChI is InChI=1S/C17H20N4O.2ClH/c18-14-6-7-15(19-13-14)12-17(22)21-10-8-20(9-11-21)16-4-2-1-3-5-16;;/h1-7,13H,8-12,18H2;2*1H. The summed E-state index contributed by atoms with van der Waals surface area (Å²) in [7, 11) is 0. The molecule has 0 atom stereocenters. The Morgan fingerprint density at radius 2 is 1.67 bits per heavy atom. The normalized spacial score (nSPS) is 13.7. The Labute approximate surface area is 154 Å². The number of aromatic nitrogens is 1. The molecule has 1 aromatic carbocycles. The number of pyridine rings is 1. The summed E-state index contributed by atoms with van der Waals surface area (Å²) < 4.78 is 0. The third-order valence-corrected chi connectivity index (χ3v) is 3.93. The van der Waals surface area contributed by atoms with E-state index in [2.05, 4.69) is 22.0 Å². The van der Waals surface area contributed by atoms with E-state index in [0.717, 1.165) is 31.9 Å². The number of benzene rings is 1. The van der Waals surface area contributed by atoms with Crippen LogP contribution in [0.1, 0.15) is 5.69 Å². The highest BCUT2D eigenvalue weighted by Gasteiger charge is 2.21. The summed E-state index contributed by atoms with van der Waals surface area (Å²) in [6.45, 7) is 3.24. The summed E-state index contributed by atoms with van der Waals surface area (Å²) in [5, 5.41) is 0. The summed E-state index contributed by atoms with van der Waals surface area (Å²) in [5.74, 6) is 0.130. The molecule has 1 aromatic heterocycles. The molecule has 2 aromatic rings. The zero-order valence-corrected chi connectivity index (χ0v) is 14.9. The van der Waals surface area contributed by atoms with Crippen molar-refractivity contribution in [1.29, 1.82) is 0 Å². The molecule has 3 rings (SSSR count). The van der Waals surface area contributed by atoms with E-state index in [9.17, 15) is 4.79 Å². The predicted molar refractivity (Wildman–Crippen MR) is 102 cm³/mol. The van der Waals surface area contributed by atoms with Gasteiger partial charge in [0, 0.05) is 37.6 Å². The summed E-state index contributed by atoms with van der Waals surface area (Å²) in [5.41, 5.74) is 8.21. The fraction of sp³-hybridized carbons (Fsp3) is 0.294. The molecule has 1 aliphatic rings. The molecule has 0 radical (unpaired) electrons. The lowest BCUT2D eigenvalue weighted by Crippen LogP contribution is -2.49. The van der Waals surface area contributed by atoms with Gasteiger partial charge in [-0.25, -0.2) is 0 Å². The molecule has 2 heterocycles. The van der Waals surface area contributed by atoms with Crippen LogP contribution < -0.4 is 10.6 Å². The van der Waals surface area contributed by atoms with Gasteiger partial charge in [-0.2, -0.15) is 0 Å². The van der Waals surface area contributed by atoms with E-state index < -0.39 is 0 Å². The minimum absolute atomic E-state index is 0. The second-order valence-corrected chi connectivity index (χ2v) is 5.46. The molecular formula is C17H22Cl2N4O. The minimum atomic E-state index is 0. The van der Waals surface area contributed by atoms with Crippen molar-refractivity contribution < 1.29 is 4.79 Å². The van der Waals surface area contributed by atoms with Crippen LogP contribution in [0, 0.1) is 0 Å². The zero-order chi connectivity index (χ0) is 15.4. The molecule has 0 bridgehead atoms.